The summed E-state index contributed by atoms with van der Waals surface area (Å²) in [5.41, 5.74) is 6.62. The summed E-state index contributed by atoms with van der Waals surface area (Å²) in [6.45, 7) is 5.27. The number of benzene rings is 1. The van der Waals surface area contributed by atoms with Crippen LogP contribution in [0.3, 0.4) is 0 Å². The molecule has 23 heavy (non-hydrogen) atoms. The maximum atomic E-state index is 9.37. The molecule has 1 aromatic carbocycles. The van der Waals surface area contributed by atoms with E-state index in [1.54, 1.807) is 0 Å². The highest BCUT2D eigenvalue weighted by molar-refractivity contribution is 5.90. The Hall–Kier alpha value is -2.12. The van der Waals surface area contributed by atoms with E-state index in [0.717, 1.165) is 10.9 Å². The van der Waals surface area contributed by atoms with Crippen molar-refractivity contribution in [3.63, 3.8) is 0 Å². The summed E-state index contributed by atoms with van der Waals surface area (Å²) >= 11 is 0. The number of aliphatic hydroxyl groups is 1. The van der Waals surface area contributed by atoms with Crippen molar-refractivity contribution in [2.75, 3.05) is 25.5 Å². The summed E-state index contributed by atoms with van der Waals surface area (Å²) in [6.07, 6.45) is 1.31. The number of aliphatic hydroxyl groups excluding tert-OH is 1. The molecule has 0 fully saturated rings. The summed E-state index contributed by atoms with van der Waals surface area (Å²) in [7, 11) is 0. The summed E-state index contributed by atoms with van der Waals surface area (Å²) < 4.78 is 11.8. The molecule has 0 aliphatic carbocycles. The molecule has 1 aliphatic heterocycles. The molecule has 0 bridgehead atoms. The van der Waals surface area contributed by atoms with Crippen LogP contribution in [-0.4, -0.2) is 47.0 Å². The minimum absolute atomic E-state index is 0.0423. The fourth-order valence-corrected chi connectivity index (χ4v) is 2.58. The number of hydrogen-bond acceptors (Lipinski definition) is 7. The molecule has 0 spiro atoms. The van der Waals surface area contributed by atoms with Gasteiger partial charge in [-0.25, -0.2) is 9.97 Å². The van der Waals surface area contributed by atoms with E-state index in [9.17, 15) is 5.11 Å². The van der Waals surface area contributed by atoms with Crippen LogP contribution >= 0.6 is 0 Å². The van der Waals surface area contributed by atoms with Crippen LogP contribution in [0.5, 0.6) is 11.5 Å². The van der Waals surface area contributed by atoms with Gasteiger partial charge in [0.25, 0.3) is 0 Å². The zero-order valence-electron chi connectivity index (χ0n) is 13.3. The van der Waals surface area contributed by atoms with Crippen molar-refractivity contribution in [3.05, 3.63) is 18.5 Å². The molecule has 124 valence electrons. The number of anilines is 1. The third-order valence-electron chi connectivity index (χ3n) is 4.06. The molecule has 1 aliphatic rings. The van der Waals surface area contributed by atoms with Crippen LogP contribution in [0.1, 0.15) is 13.8 Å². The Morgan fingerprint density at radius 2 is 2.17 bits per heavy atom. The maximum Gasteiger partial charge on any atom is 0.163 e. The van der Waals surface area contributed by atoms with Crippen LogP contribution in [0.4, 0.5) is 5.82 Å². The lowest BCUT2D eigenvalue weighted by Gasteiger charge is -2.29. The Labute approximate surface area is 134 Å². The van der Waals surface area contributed by atoms with Gasteiger partial charge in [-0.05, 0) is 12.0 Å². The zero-order chi connectivity index (χ0) is 16.4. The fourth-order valence-electron chi connectivity index (χ4n) is 2.58. The largest absolute Gasteiger partial charge is 0.486 e. The first-order valence-electron chi connectivity index (χ1n) is 7.76. The number of ether oxygens (including phenoxy) is 2. The van der Waals surface area contributed by atoms with Crippen molar-refractivity contribution < 1.29 is 14.6 Å². The van der Waals surface area contributed by atoms with E-state index >= 15 is 0 Å². The molecule has 2 aromatic rings. The monoisotopic (exact) mass is 318 g/mol. The Morgan fingerprint density at radius 3 is 2.91 bits per heavy atom. The molecule has 7 nitrogen and oxygen atoms in total. The van der Waals surface area contributed by atoms with Gasteiger partial charge < -0.3 is 25.6 Å². The average molecular weight is 318 g/mol. The number of aromatic nitrogens is 2. The quantitative estimate of drug-likeness (QED) is 0.754. The Bertz CT molecular complexity index is 692. The summed E-state index contributed by atoms with van der Waals surface area (Å²) in [6, 6.07) is 3.68. The third-order valence-corrected chi connectivity index (χ3v) is 4.06. The smallest absolute Gasteiger partial charge is 0.163 e. The highest BCUT2D eigenvalue weighted by Crippen LogP contribution is 2.36. The van der Waals surface area contributed by atoms with Gasteiger partial charge in [0.2, 0.25) is 0 Å². The third kappa shape index (κ3) is 3.30. The Morgan fingerprint density at radius 1 is 1.35 bits per heavy atom. The minimum Gasteiger partial charge on any atom is -0.486 e. The second-order valence-electron chi connectivity index (χ2n) is 6.07. The maximum absolute atomic E-state index is 9.37. The van der Waals surface area contributed by atoms with Gasteiger partial charge in [0.1, 0.15) is 24.9 Å². The first kappa shape index (κ1) is 15.8. The van der Waals surface area contributed by atoms with Crippen LogP contribution in [0.25, 0.3) is 10.9 Å². The van der Waals surface area contributed by atoms with Crippen molar-refractivity contribution in [2.45, 2.75) is 26.0 Å². The highest BCUT2D eigenvalue weighted by atomic mass is 16.6. The molecule has 0 amide bonds. The van der Waals surface area contributed by atoms with E-state index in [1.165, 1.54) is 6.33 Å². The van der Waals surface area contributed by atoms with Crippen LogP contribution in [0.2, 0.25) is 0 Å². The van der Waals surface area contributed by atoms with Crippen molar-refractivity contribution in [1.82, 2.24) is 15.3 Å². The molecule has 3 rings (SSSR count). The fraction of sp³-hybridized carbons (Fsp3) is 0.500. The number of nitrogens with zero attached hydrogens (tertiary/aromatic N) is 2. The minimum atomic E-state index is -0.126. The first-order valence-corrected chi connectivity index (χ1v) is 7.76. The van der Waals surface area contributed by atoms with E-state index in [1.807, 2.05) is 12.1 Å². The molecule has 7 heteroatoms. The average Bonchev–Trinajstić information content (AvgIpc) is 2.54. The topological polar surface area (TPSA) is 103 Å². The molecular weight excluding hydrogens is 296 g/mol. The second kappa shape index (κ2) is 6.55. The Balaban J connectivity index is 1.74. The second-order valence-corrected chi connectivity index (χ2v) is 6.07. The lowest BCUT2D eigenvalue weighted by molar-refractivity contribution is 0.0831. The van der Waals surface area contributed by atoms with Gasteiger partial charge >= 0.3 is 0 Å². The van der Waals surface area contributed by atoms with Gasteiger partial charge in [-0.3, -0.25) is 0 Å². The van der Waals surface area contributed by atoms with Gasteiger partial charge in [0, 0.05) is 24.0 Å². The number of rotatable bonds is 5. The number of hydrogen-bond donors (Lipinski definition) is 3. The lowest BCUT2D eigenvalue weighted by atomic mass is 10.1. The van der Waals surface area contributed by atoms with E-state index in [4.69, 9.17) is 15.2 Å². The van der Waals surface area contributed by atoms with Gasteiger partial charge in [-0.15, -0.1) is 0 Å². The van der Waals surface area contributed by atoms with Crippen LogP contribution < -0.4 is 20.5 Å². The molecule has 1 aromatic heterocycles. The van der Waals surface area contributed by atoms with E-state index in [0.29, 0.717) is 36.4 Å². The van der Waals surface area contributed by atoms with Gasteiger partial charge in [-0.1, -0.05) is 13.8 Å². The normalized spacial score (nSPS) is 18.3. The van der Waals surface area contributed by atoms with Crippen LogP contribution in [0.15, 0.2) is 18.5 Å². The SMILES string of the molecule is CC(C)C(CO)NCC1COc2cc3ncnc(N)c3cc2O1. The molecular formula is C16H22N4O3. The standard InChI is InChI=1S/C16H22N4O3/c1-9(2)13(6-21)18-5-10-7-22-14-4-12-11(3-15(14)23-10)16(17)20-8-19-12/h3-4,8-10,13,18,21H,5-7H2,1-2H3,(H2,17,19,20). The number of nitrogens with two attached hydrogens (primary N) is 1. The lowest BCUT2D eigenvalue weighted by Crippen LogP contribution is -2.45. The molecule has 4 N–H and O–H groups in total. The predicted molar refractivity (Wildman–Crippen MR) is 87.6 cm³/mol. The van der Waals surface area contributed by atoms with E-state index < -0.39 is 0 Å². The van der Waals surface area contributed by atoms with Crippen LogP contribution in [-0.2, 0) is 0 Å². The molecule has 2 atom stereocenters. The summed E-state index contributed by atoms with van der Waals surface area (Å²) in [5.74, 6) is 2.07. The molecule has 0 saturated carbocycles. The number of nitrogens with one attached hydrogen (secondary N) is 1. The van der Waals surface area contributed by atoms with E-state index in [-0.39, 0.29) is 18.8 Å². The molecule has 0 saturated heterocycles. The summed E-state index contributed by atoms with van der Waals surface area (Å²) in [4.78, 5) is 8.19. The predicted octanol–water partition coefficient (Wildman–Crippen LogP) is 0.958. The highest BCUT2D eigenvalue weighted by Gasteiger charge is 2.23. The van der Waals surface area contributed by atoms with Gasteiger partial charge in [0.15, 0.2) is 11.5 Å². The van der Waals surface area contributed by atoms with Gasteiger partial charge in [0.05, 0.1) is 12.1 Å². The summed E-state index contributed by atoms with van der Waals surface area (Å²) in [5, 5.41) is 13.4. The number of nitrogen functional groups attached to an aromatic ring is 1. The first-order chi connectivity index (χ1) is 11.1. The van der Waals surface area contributed by atoms with Gasteiger partial charge in [-0.2, -0.15) is 0 Å². The van der Waals surface area contributed by atoms with Crippen LogP contribution in [0, 0.1) is 5.92 Å². The Kier molecular flexibility index (Phi) is 4.49. The number of fused-ring (bicyclic) bond motifs is 2. The molecule has 0 radical (unpaired) electrons. The van der Waals surface area contributed by atoms with Crippen molar-refractivity contribution >= 4 is 16.7 Å². The zero-order valence-corrected chi connectivity index (χ0v) is 13.3. The van der Waals surface area contributed by atoms with Crippen molar-refractivity contribution in [1.29, 1.82) is 0 Å². The molecule has 2 heterocycles. The van der Waals surface area contributed by atoms with E-state index in [2.05, 4.69) is 29.1 Å². The van der Waals surface area contributed by atoms with Crippen molar-refractivity contribution in [2.24, 2.45) is 5.92 Å². The molecule has 2 unspecified atom stereocenters. The van der Waals surface area contributed by atoms with Crippen molar-refractivity contribution in [3.8, 4) is 11.5 Å².